The molecule has 1 fully saturated rings. The number of hydrogen-bond donors (Lipinski definition) is 2. The van der Waals surface area contributed by atoms with E-state index in [1.165, 1.54) is 18.9 Å². The second-order valence-corrected chi connectivity index (χ2v) is 8.03. The van der Waals surface area contributed by atoms with Gasteiger partial charge in [0.15, 0.2) is 16.7 Å². The number of benzene rings is 2. The second kappa shape index (κ2) is 7.85. The predicted octanol–water partition coefficient (Wildman–Crippen LogP) is 5.13. The molecule has 0 radical (unpaired) electrons. The zero-order valence-electron chi connectivity index (χ0n) is 13.8. The number of amidine groups is 1. The Hall–Kier alpha value is -1.77. The third kappa shape index (κ3) is 3.82. The molecule has 0 saturated carbocycles. The quantitative estimate of drug-likeness (QED) is 0.577. The van der Waals surface area contributed by atoms with Crippen molar-refractivity contribution >= 4 is 66.5 Å². The van der Waals surface area contributed by atoms with Gasteiger partial charge in [-0.15, -0.1) is 0 Å². The van der Waals surface area contributed by atoms with E-state index in [1.54, 1.807) is 12.1 Å². The van der Waals surface area contributed by atoms with Crippen LogP contribution < -0.4 is 10.1 Å². The Kier molecular flexibility index (Phi) is 5.74. The molecule has 0 aliphatic carbocycles. The first-order valence-electron chi connectivity index (χ1n) is 7.51. The Morgan fingerprint density at radius 2 is 2.00 bits per heavy atom. The van der Waals surface area contributed by atoms with Gasteiger partial charge >= 0.3 is 0 Å². The average Bonchev–Trinajstić information content (AvgIpc) is 2.96. The summed E-state index contributed by atoms with van der Waals surface area (Å²) in [5.74, 6) is 0.0772. The fourth-order valence-corrected chi connectivity index (χ4v) is 3.96. The van der Waals surface area contributed by atoms with Crippen molar-refractivity contribution in [2.24, 2.45) is 4.99 Å². The van der Waals surface area contributed by atoms with Crippen LogP contribution in [0.15, 0.2) is 49.2 Å². The molecule has 1 saturated heterocycles. The molecular weight excluding hydrogens is 484 g/mol. The number of phenols is 1. The van der Waals surface area contributed by atoms with Crippen LogP contribution in [-0.2, 0) is 4.79 Å². The summed E-state index contributed by atoms with van der Waals surface area (Å²) in [6.07, 6.45) is 1.72. The van der Waals surface area contributed by atoms with Gasteiger partial charge in [0.25, 0.3) is 5.91 Å². The number of hydrogen-bond acceptors (Lipinski definition) is 5. The van der Waals surface area contributed by atoms with Crippen LogP contribution in [0.25, 0.3) is 6.08 Å². The lowest BCUT2D eigenvalue weighted by atomic mass is 10.2. The highest BCUT2D eigenvalue weighted by atomic mass is 79.9. The minimum atomic E-state index is -0.225. The van der Waals surface area contributed by atoms with Crippen LogP contribution in [0.2, 0.25) is 0 Å². The molecule has 134 valence electrons. The molecule has 2 aromatic carbocycles. The van der Waals surface area contributed by atoms with E-state index in [0.717, 1.165) is 11.3 Å². The monoisotopic (exact) mass is 496 g/mol. The molecule has 0 atom stereocenters. The number of aliphatic imine (C=N–C) groups is 1. The van der Waals surface area contributed by atoms with Gasteiger partial charge in [-0.25, -0.2) is 4.99 Å². The molecule has 1 amide bonds. The zero-order chi connectivity index (χ0) is 18.8. The van der Waals surface area contributed by atoms with Gasteiger partial charge in [-0.05, 0) is 79.9 Å². The highest BCUT2D eigenvalue weighted by Crippen LogP contribution is 2.43. The van der Waals surface area contributed by atoms with E-state index >= 15 is 0 Å². The number of methoxy groups -OCH3 is 1. The SMILES string of the molecule is COc1cc(C=C2SC(=Nc3ccccc3C)NC2=O)c(Br)c(Br)c1O. The maximum Gasteiger partial charge on any atom is 0.264 e. The molecular formula is C18H14Br2N2O3S. The number of carbonyl (C=O) groups is 1. The van der Waals surface area contributed by atoms with Crippen LogP contribution in [0, 0.1) is 6.92 Å². The van der Waals surface area contributed by atoms with Gasteiger partial charge in [-0.3, -0.25) is 4.79 Å². The van der Waals surface area contributed by atoms with E-state index in [2.05, 4.69) is 42.2 Å². The van der Waals surface area contributed by atoms with Gasteiger partial charge in [0, 0.05) is 4.47 Å². The first-order chi connectivity index (χ1) is 12.4. The molecule has 1 heterocycles. The maximum absolute atomic E-state index is 12.3. The van der Waals surface area contributed by atoms with Gasteiger partial charge in [0.2, 0.25) is 0 Å². The van der Waals surface area contributed by atoms with Crippen LogP contribution in [0.1, 0.15) is 11.1 Å². The van der Waals surface area contributed by atoms with Gasteiger partial charge < -0.3 is 15.2 Å². The number of nitrogens with one attached hydrogen (secondary N) is 1. The van der Waals surface area contributed by atoms with Crippen LogP contribution in [0.5, 0.6) is 11.5 Å². The molecule has 0 unspecified atom stereocenters. The lowest BCUT2D eigenvalue weighted by Crippen LogP contribution is -2.19. The topological polar surface area (TPSA) is 70.9 Å². The smallest absolute Gasteiger partial charge is 0.264 e. The van der Waals surface area contributed by atoms with Crippen molar-refractivity contribution in [1.29, 1.82) is 0 Å². The van der Waals surface area contributed by atoms with E-state index in [0.29, 0.717) is 30.3 Å². The molecule has 2 aromatic rings. The summed E-state index contributed by atoms with van der Waals surface area (Å²) >= 11 is 8.00. The van der Waals surface area contributed by atoms with Crippen molar-refractivity contribution in [3.05, 3.63) is 55.3 Å². The summed E-state index contributed by atoms with van der Waals surface area (Å²) in [6.45, 7) is 1.97. The van der Waals surface area contributed by atoms with Crippen molar-refractivity contribution in [1.82, 2.24) is 5.32 Å². The lowest BCUT2D eigenvalue weighted by Gasteiger charge is -2.10. The summed E-state index contributed by atoms with van der Waals surface area (Å²) < 4.78 is 6.25. The fourth-order valence-electron chi connectivity index (χ4n) is 2.29. The molecule has 3 rings (SSSR count). The van der Waals surface area contributed by atoms with E-state index in [9.17, 15) is 9.90 Å². The fraction of sp³-hybridized carbons (Fsp3) is 0.111. The molecule has 2 N–H and O–H groups in total. The second-order valence-electron chi connectivity index (χ2n) is 5.41. The molecule has 0 bridgehead atoms. The van der Waals surface area contributed by atoms with Crippen molar-refractivity contribution < 1.29 is 14.6 Å². The predicted molar refractivity (Wildman–Crippen MR) is 112 cm³/mol. The number of phenolic OH excluding ortho intramolecular Hbond substituents is 1. The third-order valence-corrected chi connectivity index (χ3v) is 6.74. The summed E-state index contributed by atoms with van der Waals surface area (Å²) in [7, 11) is 1.47. The van der Waals surface area contributed by atoms with Crippen LogP contribution in [-0.4, -0.2) is 23.3 Å². The summed E-state index contributed by atoms with van der Waals surface area (Å²) in [6, 6.07) is 9.37. The number of thioether (sulfide) groups is 1. The van der Waals surface area contributed by atoms with Crippen LogP contribution in [0.4, 0.5) is 5.69 Å². The normalized spacial score (nSPS) is 17.0. The minimum Gasteiger partial charge on any atom is -0.503 e. The number of ether oxygens (including phenoxy) is 1. The number of amides is 1. The standard InChI is InChI=1S/C18H14Br2N2O3S/c1-9-5-3-4-6-11(9)21-18-22-17(24)13(26-18)8-10-7-12(25-2)16(23)15(20)14(10)19/h3-8,23H,1-2H3,(H,21,22,24). The molecule has 1 aliphatic rings. The number of nitrogens with zero attached hydrogens (tertiary/aromatic N) is 1. The van der Waals surface area contributed by atoms with Crippen molar-refractivity contribution in [3.8, 4) is 11.5 Å². The number of aromatic hydroxyl groups is 1. The average molecular weight is 498 g/mol. The summed E-state index contributed by atoms with van der Waals surface area (Å²) in [5.41, 5.74) is 2.54. The maximum atomic E-state index is 12.3. The van der Waals surface area contributed by atoms with Crippen molar-refractivity contribution in [2.45, 2.75) is 6.92 Å². The highest BCUT2D eigenvalue weighted by molar-refractivity contribution is 9.13. The van der Waals surface area contributed by atoms with E-state index in [4.69, 9.17) is 4.74 Å². The van der Waals surface area contributed by atoms with Gasteiger partial charge in [-0.1, -0.05) is 18.2 Å². The van der Waals surface area contributed by atoms with E-state index in [-0.39, 0.29) is 11.7 Å². The van der Waals surface area contributed by atoms with Crippen LogP contribution >= 0.6 is 43.6 Å². The third-order valence-electron chi connectivity index (χ3n) is 3.67. The number of para-hydroxylation sites is 1. The molecule has 8 heteroatoms. The van der Waals surface area contributed by atoms with E-state index in [1.807, 2.05) is 31.2 Å². The number of carbonyl (C=O) groups excluding carboxylic acids is 1. The number of halogens is 2. The Bertz CT molecular complexity index is 958. The Morgan fingerprint density at radius 1 is 1.27 bits per heavy atom. The minimum absolute atomic E-state index is 0.00754. The Balaban J connectivity index is 1.95. The highest BCUT2D eigenvalue weighted by Gasteiger charge is 2.25. The molecule has 0 spiro atoms. The van der Waals surface area contributed by atoms with Crippen LogP contribution in [0.3, 0.4) is 0 Å². The molecule has 1 aliphatic heterocycles. The number of aryl methyl sites for hydroxylation is 1. The lowest BCUT2D eigenvalue weighted by molar-refractivity contribution is -0.115. The first kappa shape index (κ1) is 19.0. The van der Waals surface area contributed by atoms with Crippen molar-refractivity contribution in [2.75, 3.05) is 7.11 Å². The van der Waals surface area contributed by atoms with Gasteiger partial charge in [0.1, 0.15) is 0 Å². The molecule has 0 aromatic heterocycles. The van der Waals surface area contributed by atoms with E-state index < -0.39 is 0 Å². The molecule has 5 nitrogen and oxygen atoms in total. The zero-order valence-corrected chi connectivity index (χ0v) is 17.8. The Labute approximate surface area is 171 Å². The summed E-state index contributed by atoms with van der Waals surface area (Å²) in [5, 5.41) is 13.3. The number of rotatable bonds is 3. The van der Waals surface area contributed by atoms with Gasteiger partial charge in [0.05, 0.1) is 22.2 Å². The largest absolute Gasteiger partial charge is 0.503 e. The Morgan fingerprint density at radius 3 is 2.69 bits per heavy atom. The molecule has 26 heavy (non-hydrogen) atoms. The van der Waals surface area contributed by atoms with Gasteiger partial charge in [-0.2, -0.15) is 0 Å². The van der Waals surface area contributed by atoms with Crippen molar-refractivity contribution in [3.63, 3.8) is 0 Å². The summed E-state index contributed by atoms with van der Waals surface area (Å²) in [4.78, 5) is 17.3. The first-order valence-corrected chi connectivity index (χ1v) is 9.91.